The van der Waals surface area contributed by atoms with Gasteiger partial charge in [0.25, 0.3) is 5.91 Å². The van der Waals surface area contributed by atoms with Gasteiger partial charge in [-0.15, -0.1) is 0 Å². The van der Waals surface area contributed by atoms with Crippen LogP contribution in [0.15, 0.2) is 18.2 Å². The summed E-state index contributed by atoms with van der Waals surface area (Å²) < 4.78 is 13.4. The van der Waals surface area contributed by atoms with Gasteiger partial charge < -0.3 is 5.32 Å². The molecular formula is C15H16ClFN2O. The van der Waals surface area contributed by atoms with Crippen LogP contribution in [0, 0.1) is 17.1 Å². The zero-order chi connectivity index (χ0) is 14.6. The van der Waals surface area contributed by atoms with Gasteiger partial charge in [-0.2, -0.15) is 5.26 Å². The zero-order valence-electron chi connectivity index (χ0n) is 11.1. The predicted molar refractivity (Wildman–Crippen MR) is 74.9 cm³/mol. The molecule has 1 N–H and O–H groups in total. The van der Waals surface area contributed by atoms with Gasteiger partial charge in [0.05, 0.1) is 11.1 Å². The van der Waals surface area contributed by atoms with Crippen LogP contribution in [0.2, 0.25) is 5.02 Å². The molecule has 1 amide bonds. The van der Waals surface area contributed by atoms with E-state index in [9.17, 15) is 14.4 Å². The van der Waals surface area contributed by atoms with E-state index in [1.165, 1.54) is 12.1 Å². The highest BCUT2D eigenvalue weighted by Crippen LogP contribution is 2.27. The molecule has 1 aliphatic carbocycles. The van der Waals surface area contributed by atoms with E-state index in [4.69, 9.17) is 11.6 Å². The van der Waals surface area contributed by atoms with Crippen LogP contribution in [0.5, 0.6) is 0 Å². The fourth-order valence-electron chi connectivity index (χ4n) is 2.52. The molecule has 106 valence electrons. The van der Waals surface area contributed by atoms with Crippen LogP contribution in [0.3, 0.4) is 0 Å². The molecule has 0 saturated heterocycles. The lowest BCUT2D eigenvalue weighted by Crippen LogP contribution is -2.47. The SMILES string of the molecule is N#CC1(NC(=O)c2ccc(Cl)c(F)c2)CCCCCC1. The molecule has 0 atom stereocenters. The summed E-state index contributed by atoms with van der Waals surface area (Å²) >= 11 is 5.59. The summed E-state index contributed by atoms with van der Waals surface area (Å²) in [5, 5.41) is 12.2. The molecular weight excluding hydrogens is 279 g/mol. The van der Waals surface area contributed by atoms with Crippen LogP contribution < -0.4 is 5.32 Å². The van der Waals surface area contributed by atoms with Crippen LogP contribution in [0.4, 0.5) is 4.39 Å². The lowest BCUT2D eigenvalue weighted by Gasteiger charge is -2.26. The minimum Gasteiger partial charge on any atom is -0.334 e. The van der Waals surface area contributed by atoms with Crippen molar-refractivity contribution < 1.29 is 9.18 Å². The van der Waals surface area contributed by atoms with Crippen molar-refractivity contribution in [3.63, 3.8) is 0 Å². The Balaban J connectivity index is 2.16. The third kappa shape index (κ3) is 3.29. The maximum Gasteiger partial charge on any atom is 0.252 e. The first-order valence-corrected chi connectivity index (χ1v) is 7.13. The predicted octanol–water partition coefficient (Wildman–Crippen LogP) is 3.83. The Morgan fingerprint density at radius 3 is 2.50 bits per heavy atom. The molecule has 5 heteroatoms. The summed E-state index contributed by atoms with van der Waals surface area (Å²) in [5.74, 6) is -1.06. The summed E-state index contributed by atoms with van der Waals surface area (Å²) in [5.41, 5.74) is -0.644. The van der Waals surface area contributed by atoms with Gasteiger partial charge in [0.15, 0.2) is 0 Å². The van der Waals surface area contributed by atoms with Gasteiger partial charge in [-0.3, -0.25) is 4.79 Å². The second-order valence-electron chi connectivity index (χ2n) is 5.19. The highest BCUT2D eigenvalue weighted by atomic mass is 35.5. The second kappa shape index (κ2) is 6.23. The van der Waals surface area contributed by atoms with Gasteiger partial charge >= 0.3 is 0 Å². The quantitative estimate of drug-likeness (QED) is 0.843. The largest absolute Gasteiger partial charge is 0.334 e. The van der Waals surface area contributed by atoms with Gasteiger partial charge in [0, 0.05) is 5.56 Å². The zero-order valence-corrected chi connectivity index (χ0v) is 11.8. The molecule has 1 fully saturated rings. The van der Waals surface area contributed by atoms with Crippen LogP contribution in [-0.2, 0) is 0 Å². The summed E-state index contributed by atoms with van der Waals surface area (Å²) in [6, 6.07) is 6.14. The number of nitrogens with one attached hydrogen (secondary N) is 1. The number of carbonyl (C=O) groups is 1. The van der Waals surface area contributed by atoms with Gasteiger partial charge in [-0.25, -0.2) is 4.39 Å². The van der Waals surface area contributed by atoms with Gasteiger partial charge in [0.1, 0.15) is 11.4 Å². The van der Waals surface area contributed by atoms with Crippen LogP contribution >= 0.6 is 11.6 Å². The molecule has 0 spiro atoms. The monoisotopic (exact) mass is 294 g/mol. The fourth-order valence-corrected chi connectivity index (χ4v) is 2.64. The number of amides is 1. The molecule has 0 heterocycles. The number of benzene rings is 1. The van der Waals surface area contributed by atoms with E-state index in [1.54, 1.807) is 0 Å². The normalized spacial score (nSPS) is 17.9. The van der Waals surface area contributed by atoms with Crippen LogP contribution in [-0.4, -0.2) is 11.4 Å². The number of halogens is 2. The number of hydrogen-bond acceptors (Lipinski definition) is 2. The Bertz CT molecular complexity index is 545. The fraction of sp³-hybridized carbons (Fsp3) is 0.467. The molecule has 1 aromatic rings. The standard InChI is InChI=1S/C15H16ClFN2O/c16-12-6-5-11(9-13(12)17)14(20)19-15(10-18)7-3-1-2-4-8-15/h5-6,9H,1-4,7-8H2,(H,19,20). The van der Waals surface area contributed by atoms with Crippen molar-refractivity contribution in [3.05, 3.63) is 34.6 Å². The molecule has 1 aromatic carbocycles. The van der Waals surface area contributed by atoms with Gasteiger partial charge in [-0.1, -0.05) is 37.3 Å². The van der Waals surface area contributed by atoms with Gasteiger partial charge in [-0.05, 0) is 31.0 Å². The molecule has 3 nitrogen and oxygen atoms in total. The van der Waals surface area contributed by atoms with Crippen molar-refractivity contribution in [1.82, 2.24) is 5.32 Å². The van der Waals surface area contributed by atoms with E-state index in [0.717, 1.165) is 31.7 Å². The molecule has 1 saturated carbocycles. The minimum atomic E-state index is -0.830. The highest BCUT2D eigenvalue weighted by molar-refractivity contribution is 6.30. The van der Waals surface area contributed by atoms with Crippen molar-refractivity contribution in [2.45, 2.75) is 44.1 Å². The lowest BCUT2D eigenvalue weighted by atomic mass is 9.91. The van der Waals surface area contributed by atoms with Crippen LogP contribution in [0.1, 0.15) is 48.9 Å². The highest BCUT2D eigenvalue weighted by Gasteiger charge is 2.32. The first-order valence-electron chi connectivity index (χ1n) is 6.75. The average Bonchev–Trinajstić information content (AvgIpc) is 2.68. The number of carbonyl (C=O) groups excluding carboxylic acids is 1. The Morgan fingerprint density at radius 1 is 1.30 bits per heavy atom. The first kappa shape index (κ1) is 14.8. The molecule has 0 unspecified atom stereocenters. The molecule has 0 aromatic heterocycles. The topological polar surface area (TPSA) is 52.9 Å². The maximum absolute atomic E-state index is 13.4. The molecule has 0 aliphatic heterocycles. The van der Waals surface area contributed by atoms with E-state index in [1.807, 2.05) is 0 Å². The molecule has 2 rings (SSSR count). The molecule has 20 heavy (non-hydrogen) atoms. The van der Waals surface area contributed by atoms with Crippen molar-refractivity contribution in [1.29, 1.82) is 5.26 Å². The van der Waals surface area contributed by atoms with Gasteiger partial charge in [0.2, 0.25) is 0 Å². The second-order valence-corrected chi connectivity index (χ2v) is 5.60. The summed E-state index contributed by atoms with van der Waals surface area (Å²) in [4.78, 5) is 12.2. The lowest BCUT2D eigenvalue weighted by molar-refractivity contribution is 0.0912. The smallest absolute Gasteiger partial charge is 0.252 e. The number of hydrogen-bond donors (Lipinski definition) is 1. The maximum atomic E-state index is 13.4. The average molecular weight is 295 g/mol. The van der Waals surface area contributed by atoms with E-state index < -0.39 is 17.3 Å². The van der Waals surface area contributed by atoms with E-state index in [0.29, 0.717) is 12.8 Å². The first-order chi connectivity index (χ1) is 9.56. The Kier molecular flexibility index (Phi) is 4.61. The number of rotatable bonds is 2. The van der Waals surface area contributed by atoms with Crippen molar-refractivity contribution in [2.24, 2.45) is 0 Å². The third-order valence-electron chi connectivity index (χ3n) is 3.71. The molecule has 0 radical (unpaired) electrons. The molecule has 1 aliphatic rings. The Hall–Kier alpha value is -1.60. The summed E-state index contributed by atoms with van der Waals surface area (Å²) in [6.45, 7) is 0. The van der Waals surface area contributed by atoms with E-state index in [2.05, 4.69) is 11.4 Å². The third-order valence-corrected chi connectivity index (χ3v) is 4.01. The minimum absolute atomic E-state index is 0.0222. The Labute approximate surface area is 122 Å². The van der Waals surface area contributed by atoms with Crippen molar-refractivity contribution >= 4 is 17.5 Å². The van der Waals surface area contributed by atoms with E-state index in [-0.39, 0.29) is 10.6 Å². The number of nitriles is 1. The molecule has 0 bridgehead atoms. The van der Waals surface area contributed by atoms with E-state index >= 15 is 0 Å². The van der Waals surface area contributed by atoms with Crippen molar-refractivity contribution in [3.8, 4) is 6.07 Å². The Morgan fingerprint density at radius 2 is 1.95 bits per heavy atom. The van der Waals surface area contributed by atoms with Crippen LogP contribution in [0.25, 0.3) is 0 Å². The summed E-state index contributed by atoms with van der Waals surface area (Å²) in [7, 11) is 0. The van der Waals surface area contributed by atoms with Crippen molar-refractivity contribution in [2.75, 3.05) is 0 Å². The summed E-state index contributed by atoms with van der Waals surface area (Å²) in [6.07, 6.45) is 5.28. The number of nitrogens with zero attached hydrogens (tertiary/aromatic N) is 1.